The maximum atomic E-state index is 12.7. The van der Waals surface area contributed by atoms with Crippen LogP contribution in [0.2, 0.25) is 5.02 Å². The van der Waals surface area contributed by atoms with E-state index < -0.39 is 16.0 Å². The van der Waals surface area contributed by atoms with Gasteiger partial charge in [0.2, 0.25) is 10.0 Å². The van der Waals surface area contributed by atoms with Crippen molar-refractivity contribution in [3.63, 3.8) is 0 Å². The molecule has 0 spiro atoms. The van der Waals surface area contributed by atoms with Crippen molar-refractivity contribution >= 4 is 40.0 Å². The number of methoxy groups -OCH3 is 1. The Morgan fingerprint density at radius 2 is 2.14 bits per heavy atom. The number of benzene rings is 1. The minimum atomic E-state index is -3.84. The molecule has 6 nitrogen and oxygen atoms in total. The van der Waals surface area contributed by atoms with E-state index in [4.69, 9.17) is 17.3 Å². The minimum absolute atomic E-state index is 0. The summed E-state index contributed by atoms with van der Waals surface area (Å²) in [5.74, 6) is -0.716. The lowest BCUT2D eigenvalue weighted by Gasteiger charge is -2.30. The third-order valence-corrected chi connectivity index (χ3v) is 5.53. The average molecular weight is 369 g/mol. The van der Waals surface area contributed by atoms with Crippen LogP contribution in [-0.2, 0) is 14.8 Å². The van der Waals surface area contributed by atoms with Gasteiger partial charge >= 0.3 is 5.97 Å². The molecule has 1 aromatic carbocycles. The predicted octanol–water partition coefficient (Wildman–Crippen LogP) is 1.66. The number of carbonyl (C=O) groups excluding carboxylic acids is 1. The molecular formula is C13H18Cl2N2O4S. The highest BCUT2D eigenvalue weighted by Gasteiger charge is 2.32. The largest absolute Gasteiger partial charge is 0.465 e. The van der Waals surface area contributed by atoms with E-state index >= 15 is 0 Å². The number of hydrogen-bond donors (Lipinski definition) is 1. The lowest BCUT2D eigenvalue weighted by atomic mass is 10.1. The fourth-order valence-electron chi connectivity index (χ4n) is 2.32. The molecule has 0 amide bonds. The van der Waals surface area contributed by atoms with Crippen LogP contribution in [0, 0.1) is 0 Å². The van der Waals surface area contributed by atoms with Crippen molar-refractivity contribution < 1.29 is 17.9 Å². The SMILES string of the molecule is COC(=O)c1ccc(Cl)cc1S(=O)(=O)N1CCCC(N)C1.Cl. The first-order valence-electron chi connectivity index (χ1n) is 6.50. The normalized spacial score (nSPS) is 19.3. The standard InChI is InChI=1S/C13H17ClN2O4S.ClH/c1-20-13(17)11-5-4-9(14)7-12(11)21(18,19)16-6-2-3-10(15)8-16;/h4-5,7,10H,2-3,6,8,15H2,1H3;1H. The topological polar surface area (TPSA) is 89.7 Å². The average Bonchev–Trinajstić information content (AvgIpc) is 2.46. The highest BCUT2D eigenvalue weighted by Crippen LogP contribution is 2.26. The molecule has 124 valence electrons. The van der Waals surface area contributed by atoms with Crippen molar-refractivity contribution in [1.82, 2.24) is 4.31 Å². The van der Waals surface area contributed by atoms with Crippen LogP contribution in [0.3, 0.4) is 0 Å². The van der Waals surface area contributed by atoms with Gasteiger partial charge in [0.25, 0.3) is 0 Å². The van der Waals surface area contributed by atoms with Gasteiger partial charge in [0.1, 0.15) is 0 Å². The Morgan fingerprint density at radius 3 is 2.73 bits per heavy atom. The fraction of sp³-hybridized carbons (Fsp3) is 0.462. The second kappa shape index (κ2) is 7.61. The predicted molar refractivity (Wildman–Crippen MR) is 86.0 cm³/mol. The molecule has 1 aliphatic heterocycles. The van der Waals surface area contributed by atoms with Gasteiger partial charge in [0.15, 0.2) is 0 Å². The fourth-order valence-corrected chi connectivity index (χ4v) is 4.30. The van der Waals surface area contributed by atoms with Crippen molar-refractivity contribution in [3.05, 3.63) is 28.8 Å². The molecule has 2 rings (SSSR count). The van der Waals surface area contributed by atoms with Gasteiger partial charge in [-0.1, -0.05) is 11.6 Å². The smallest absolute Gasteiger partial charge is 0.339 e. The summed E-state index contributed by atoms with van der Waals surface area (Å²) in [6, 6.07) is 3.87. The highest BCUT2D eigenvalue weighted by atomic mass is 35.5. The van der Waals surface area contributed by atoms with Crippen LogP contribution in [0.4, 0.5) is 0 Å². The summed E-state index contributed by atoms with van der Waals surface area (Å²) in [5.41, 5.74) is 5.80. The molecule has 0 aromatic heterocycles. The summed E-state index contributed by atoms with van der Waals surface area (Å²) in [6.45, 7) is 0.610. The Kier molecular flexibility index (Phi) is 6.64. The summed E-state index contributed by atoms with van der Waals surface area (Å²) in [5, 5.41) is 0.238. The molecule has 0 aliphatic carbocycles. The Labute approximate surface area is 141 Å². The van der Waals surface area contributed by atoms with E-state index in [0.717, 1.165) is 6.42 Å². The van der Waals surface area contributed by atoms with E-state index in [1.807, 2.05) is 0 Å². The number of ether oxygens (including phenoxy) is 1. The van der Waals surface area contributed by atoms with Crippen LogP contribution >= 0.6 is 24.0 Å². The van der Waals surface area contributed by atoms with Gasteiger partial charge in [-0.25, -0.2) is 13.2 Å². The van der Waals surface area contributed by atoms with Crippen LogP contribution in [-0.4, -0.2) is 44.9 Å². The Bertz CT molecular complexity index is 651. The second-order valence-corrected chi connectivity index (χ2v) is 7.24. The van der Waals surface area contributed by atoms with Gasteiger partial charge in [-0.3, -0.25) is 0 Å². The van der Waals surface area contributed by atoms with Gasteiger partial charge in [-0.05, 0) is 31.0 Å². The third kappa shape index (κ3) is 3.91. The molecule has 1 aliphatic rings. The molecule has 1 saturated heterocycles. The van der Waals surface area contributed by atoms with E-state index in [1.165, 1.54) is 29.6 Å². The number of halogens is 2. The van der Waals surface area contributed by atoms with Crippen LogP contribution < -0.4 is 5.73 Å². The van der Waals surface area contributed by atoms with Crippen LogP contribution in [0.1, 0.15) is 23.2 Å². The highest BCUT2D eigenvalue weighted by molar-refractivity contribution is 7.89. The molecule has 2 N–H and O–H groups in total. The number of piperidine rings is 1. The summed E-state index contributed by atoms with van der Waals surface area (Å²) in [4.78, 5) is 11.6. The van der Waals surface area contributed by atoms with E-state index in [9.17, 15) is 13.2 Å². The summed E-state index contributed by atoms with van der Waals surface area (Å²) < 4.78 is 31.4. The van der Waals surface area contributed by atoms with Crippen LogP contribution in [0.25, 0.3) is 0 Å². The van der Waals surface area contributed by atoms with Gasteiger partial charge in [0.05, 0.1) is 17.6 Å². The van der Waals surface area contributed by atoms with Gasteiger partial charge < -0.3 is 10.5 Å². The first kappa shape index (κ1) is 19.2. The Morgan fingerprint density at radius 1 is 1.45 bits per heavy atom. The lowest BCUT2D eigenvalue weighted by Crippen LogP contribution is -2.45. The second-order valence-electron chi connectivity index (χ2n) is 4.90. The third-order valence-electron chi connectivity index (χ3n) is 3.39. The molecule has 1 atom stereocenters. The Hall–Kier alpha value is -0.860. The molecule has 1 heterocycles. The first-order valence-corrected chi connectivity index (χ1v) is 8.31. The monoisotopic (exact) mass is 368 g/mol. The van der Waals surface area contributed by atoms with E-state index in [2.05, 4.69) is 4.74 Å². The summed E-state index contributed by atoms with van der Waals surface area (Å²) in [6.07, 6.45) is 1.47. The molecule has 22 heavy (non-hydrogen) atoms. The molecule has 0 radical (unpaired) electrons. The molecule has 0 bridgehead atoms. The zero-order valence-electron chi connectivity index (χ0n) is 12.0. The lowest BCUT2D eigenvalue weighted by molar-refractivity contribution is 0.0596. The molecule has 9 heteroatoms. The van der Waals surface area contributed by atoms with Gasteiger partial charge in [-0.2, -0.15) is 4.31 Å². The number of sulfonamides is 1. The van der Waals surface area contributed by atoms with Gasteiger partial charge in [0, 0.05) is 24.2 Å². The van der Waals surface area contributed by atoms with Crippen LogP contribution in [0.5, 0.6) is 0 Å². The number of nitrogens with zero attached hydrogens (tertiary/aromatic N) is 1. The zero-order valence-corrected chi connectivity index (χ0v) is 14.4. The van der Waals surface area contributed by atoms with Crippen molar-refractivity contribution in [3.8, 4) is 0 Å². The van der Waals surface area contributed by atoms with Gasteiger partial charge in [-0.15, -0.1) is 12.4 Å². The number of carbonyl (C=O) groups is 1. The van der Waals surface area contributed by atoms with Crippen molar-refractivity contribution in [2.75, 3.05) is 20.2 Å². The summed E-state index contributed by atoms with van der Waals surface area (Å²) >= 11 is 5.88. The van der Waals surface area contributed by atoms with E-state index in [-0.39, 0.29) is 40.5 Å². The van der Waals surface area contributed by atoms with Crippen LogP contribution in [0.15, 0.2) is 23.1 Å². The molecular weight excluding hydrogens is 351 g/mol. The van der Waals surface area contributed by atoms with E-state index in [0.29, 0.717) is 13.0 Å². The summed E-state index contributed by atoms with van der Waals surface area (Å²) in [7, 11) is -2.64. The van der Waals surface area contributed by atoms with E-state index in [1.54, 1.807) is 0 Å². The Balaban J connectivity index is 0.00000242. The first-order chi connectivity index (χ1) is 9.86. The molecule has 1 fully saturated rings. The maximum absolute atomic E-state index is 12.7. The molecule has 1 aromatic rings. The van der Waals surface area contributed by atoms with Crippen molar-refractivity contribution in [2.45, 2.75) is 23.8 Å². The van der Waals surface area contributed by atoms with Crippen molar-refractivity contribution in [1.29, 1.82) is 0 Å². The number of nitrogens with two attached hydrogens (primary N) is 1. The zero-order chi connectivity index (χ0) is 15.6. The molecule has 0 saturated carbocycles. The number of esters is 1. The number of hydrogen-bond acceptors (Lipinski definition) is 5. The minimum Gasteiger partial charge on any atom is -0.465 e. The quantitative estimate of drug-likeness (QED) is 0.819. The number of rotatable bonds is 3. The molecule has 1 unspecified atom stereocenters. The van der Waals surface area contributed by atoms with Crippen molar-refractivity contribution in [2.24, 2.45) is 5.73 Å². The maximum Gasteiger partial charge on any atom is 0.339 e.